The van der Waals surface area contributed by atoms with Crippen LogP contribution < -0.4 is 0 Å². The van der Waals surface area contributed by atoms with Crippen molar-refractivity contribution < 1.29 is 26.3 Å². The topological polar surface area (TPSA) is 15.8 Å². The highest BCUT2D eigenvalue weighted by molar-refractivity contribution is 8.00. The molecule has 1 nitrogen and oxygen atoms in total. The van der Waals surface area contributed by atoms with Crippen LogP contribution in [0.5, 0.6) is 0 Å². The minimum Gasteiger partial charge on any atom is -0.360 e. The smallest absolute Gasteiger partial charge is 0.360 e. The molecule has 0 atom stereocenters. The van der Waals surface area contributed by atoms with E-state index in [1.54, 1.807) is 0 Å². The molecule has 0 aliphatic rings. The molecule has 22 heavy (non-hydrogen) atoms. The Morgan fingerprint density at radius 2 is 1.50 bits per heavy atom. The number of hydrogen-bond donors (Lipinski definition) is 1. The van der Waals surface area contributed by atoms with Gasteiger partial charge in [0, 0.05) is 16.7 Å². The zero-order valence-corrected chi connectivity index (χ0v) is 12.6. The third-order valence-electron chi connectivity index (χ3n) is 2.55. The van der Waals surface area contributed by atoms with Gasteiger partial charge in [-0.2, -0.15) is 26.3 Å². The molecular formula is C12H5Cl2F6NS. The minimum atomic E-state index is -4.66. The molecule has 10 heteroatoms. The van der Waals surface area contributed by atoms with Crippen LogP contribution in [0, 0.1) is 0 Å². The van der Waals surface area contributed by atoms with Gasteiger partial charge >= 0.3 is 11.7 Å². The molecule has 120 valence electrons. The number of rotatable bonds is 2. The van der Waals surface area contributed by atoms with E-state index in [-0.39, 0.29) is 16.2 Å². The third-order valence-corrected chi connectivity index (χ3v) is 3.94. The summed E-state index contributed by atoms with van der Waals surface area (Å²) >= 11 is 11.1. The summed E-state index contributed by atoms with van der Waals surface area (Å²) in [6.45, 7) is 0. The SMILES string of the molecule is FC(F)(F)Sc1cc[nH]c1-c1c(Cl)cc(C(F)(F)F)cc1Cl. The van der Waals surface area contributed by atoms with Crippen LogP contribution in [0.25, 0.3) is 11.3 Å². The summed E-state index contributed by atoms with van der Waals surface area (Å²) in [6.07, 6.45) is -3.45. The van der Waals surface area contributed by atoms with E-state index in [1.807, 2.05) is 0 Å². The number of aromatic amines is 1. The summed E-state index contributed by atoms with van der Waals surface area (Å²) in [7, 11) is 0. The molecule has 0 saturated carbocycles. The van der Waals surface area contributed by atoms with Gasteiger partial charge in [-0.05, 0) is 30.0 Å². The fraction of sp³-hybridized carbons (Fsp3) is 0.167. The lowest BCUT2D eigenvalue weighted by Gasteiger charge is -2.13. The maximum Gasteiger partial charge on any atom is 0.446 e. The van der Waals surface area contributed by atoms with Crippen molar-refractivity contribution in [1.29, 1.82) is 0 Å². The summed E-state index contributed by atoms with van der Waals surface area (Å²) in [4.78, 5) is 2.27. The Bertz CT molecular complexity index is 669. The lowest BCUT2D eigenvalue weighted by atomic mass is 10.1. The van der Waals surface area contributed by atoms with Crippen molar-refractivity contribution in [3.05, 3.63) is 40.0 Å². The molecule has 0 unspecified atom stereocenters. The Balaban J connectivity index is 2.53. The van der Waals surface area contributed by atoms with Crippen molar-refractivity contribution in [2.75, 3.05) is 0 Å². The molecule has 1 N–H and O–H groups in total. The Hall–Kier alpha value is -0.990. The summed E-state index contributed by atoms with van der Waals surface area (Å²) in [5, 5.41) is -0.794. The quantitative estimate of drug-likeness (QED) is 0.457. The highest BCUT2D eigenvalue weighted by Crippen LogP contribution is 2.46. The highest BCUT2D eigenvalue weighted by Gasteiger charge is 2.34. The van der Waals surface area contributed by atoms with Gasteiger partial charge < -0.3 is 4.98 Å². The first kappa shape index (κ1) is 17.4. The molecular weight excluding hydrogens is 375 g/mol. The average Bonchev–Trinajstić information content (AvgIpc) is 2.72. The molecule has 0 amide bonds. The van der Waals surface area contributed by atoms with Crippen LogP contribution in [-0.4, -0.2) is 10.5 Å². The molecule has 2 aromatic rings. The van der Waals surface area contributed by atoms with Gasteiger partial charge in [0.1, 0.15) is 0 Å². The van der Waals surface area contributed by atoms with Crippen LogP contribution in [0.3, 0.4) is 0 Å². The average molecular weight is 380 g/mol. The van der Waals surface area contributed by atoms with E-state index in [1.165, 1.54) is 6.20 Å². The van der Waals surface area contributed by atoms with Gasteiger partial charge in [-0.25, -0.2) is 0 Å². The van der Waals surface area contributed by atoms with Crippen LogP contribution in [0.1, 0.15) is 5.56 Å². The predicted octanol–water partition coefficient (Wildman–Crippen LogP) is 6.62. The van der Waals surface area contributed by atoms with Gasteiger partial charge in [0.2, 0.25) is 0 Å². The molecule has 1 heterocycles. The maximum absolute atomic E-state index is 12.6. The normalized spacial score (nSPS) is 12.7. The number of halogens is 8. The Morgan fingerprint density at radius 1 is 0.955 bits per heavy atom. The fourth-order valence-corrected chi connectivity index (χ4v) is 3.06. The number of aromatic nitrogens is 1. The summed E-state index contributed by atoms with van der Waals surface area (Å²) in [6, 6.07) is 2.37. The predicted molar refractivity (Wildman–Crippen MR) is 73.2 cm³/mol. The second-order valence-electron chi connectivity index (χ2n) is 4.08. The van der Waals surface area contributed by atoms with Crippen molar-refractivity contribution in [3.63, 3.8) is 0 Å². The first-order chi connectivity index (χ1) is 9.99. The Morgan fingerprint density at radius 3 is 1.95 bits per heavy atom. The van der Waals surface area contributed by atoms with Crippen LogP contribution in [0.4, 0.5) is 26.3 Å². The van der Waals surface area contributed by atoms with E-state index in [9.17, 15) is 26.3 Å². The van der Waals surface area contributed by atoms with Gasteiger partial charge in [-0.1, -0.05) is 23.2 Å². The number of benzene rings is 1. The molecule has 0 spiro atoms. The summed E-state index contributed by atoms with van der Waals surface area (Å²) in [5.74, 6) is 0. The minimum absolute atomic E-state index is 0.0916. The zero-order chi connectivity index (χ0) is 16.7. The van der Waals surface area contributed by atoms with E-state index in [0.717, 1.165) is 6.07 Å². The molecule has 0 aliphatic carbocycles. The molecule has 1 aromatic heterocycles. The van der Waals surface area contributed by atoms with Crippen molar-refractivity contribution in [1.82, 2.24) is 4.98 Å². The molecule has 0 saturated heterocycles. The van der Waals surface area contributed by atoms with Gasteiger partial charge in [-0.3, -0.25) is 0 Å². The fourth-order valence-electron chi connectivity index (χ4n) is 1.74. The zero-order valence-electron chi connectivity index (χ0n) is 10.2. The number of H-pyrrole nitrogens is 1. The van der Waals surface area contributed by atoms with E-state index in [2.05, 4.69) is 4.98 Å². The number of hydrogen-bond acceptors (Lipinski definition) is 1. The second-order valence-corrected chi connectivity index (χ2v) is 6.00. The number of nitrogens with one attached hydrogen (secondary N) is 1. The van der Waals surface area contributed by atoms with E-state index < -0.39 is 39.1 Å². The third kappa shape index (κ3) is 3.85. The number of thioether (sulfide) groups is 1. The molecule has 2 rings (SSSR count). The molecule has 0 fully saturated rings. The lowest BCUT2D eigenvalue weighted by molar-refractivity contribution is -0.137. The van der Waals surface area contributed by atoms with Crippen molar-refractivity contribution >= 4 is 35.0 Å². The van der Waals surface area contributed by atoms with Gasteiger partial charge in [0.25, 0.3) is 0 Å². The van der Waals surface area contributed by atoms with Crippen LogP contribution in [0.15, 0.2) is 29.3 Å². The standard InChI is InChI=1S/C12H5Cl2F6NS/c13-6-3-5(11(15,16)17)4-7(14)9(6)10-8(1-2-21-10)22-12(18,19)20/h1-4,21H. The van der Waals surface area contributed by atoms with Crippen molar-refractivity contribution in [3.8, 4) is 11.3 Å². The van der Waals surface area contributed by atoms with Crippen LogP contribution >= 0.6 is 35.0 Å². The molecule has 0 bridgehead atoms. The first-order valence-corrected chi connectivity index (χ1v) is 7.06. The maximum atomic E-state index is 12.6. The van der Waals surface area contributed by atoms with E-state index in [0.29, 0.717) is 12.1 Å². The largest absolute Gasteiger partial charge is 0.446 e. The van der Waals surface area contributed by atoms with Crippen molar-refractivity contribution in [2.24, 2.45) is 0 Å². The van der Waals surface area contributed by atoms with E-state index >= 15 is 0 Å². The summed E-state index contributed by atoms with van der Waals surface area (Å²) < 4.78 is 75.3. The first-order valence-electron chi connectivity index (χ1n) is 5.49. The van der Waals surface area contributed by atoms with E-state index in [4.69, 9.17) is 23.2 Å². The number of alkyl halides is 6. The highest BCUT2D eigenvalue weighted by atomic mass is 35.5. The van der Waals surface area contributed by atoms with Crippen LogP contribution in [-0.2, 0) is 6.18 Å². The molecule has 0 aliphatic heterocycles. The van der Waals surface area contributed by atoms with Gasteiger partial charge in [0.15, 0.2) is 0 Å². The van der Waals surface area contributed by atoms with Crippen molar-refractivity contribution in [2.45, 2.75) is 16.6 Å². The second kappa shape index (κ2) is 5.90. The Kier molecular flexibility index (Phi) is 4.66. The molecule has 1 aromatic carbocycles. The molecule has 0 radical (unpaired) electrons. The lowest BCUT2D eigenvalue weighted by Crippen LogP contribution is -2.05. The Labute approximate surface area is 134 Å². The monoisotopic (exact) mass is 379 g/mol. The van der Waals surface area contributed by atoms with Gasteiger partial charge in [-0.15, -0.1) is 0 Å². The van der Waals surface area contributed by atoms with Gasteiger partial charge in [0.05, 0.1) is 21.3 Å². The van der Waals surface area contributed by atoms with Crippen LogP contribution in [0.2, 0.25) is 10.0 Å². The summed E-state index contributed by atoms with van der Waals surface area (Å²) in [5.41, 5.74) is -5.84.